The fourth-order valence-electron chi connectivity index (χ4n) is 3.79. The van der Waals surface area contributed by atoms with Crippen molar-refractivity contribution in [1.29, 1.82) is 5.41 Å². The first kappa shape index (κ1) is 18.2. The van der Waals surface area contributed by atoms with E-state index in [4.69, 9.17) is 22.7 Å². The zero-order valence-electron chi connectivity index (χ0n) is 15.1. The minimum atomic E-state index is -0.649. The lowest BCUT2D eigenvalue weighted by Crippen LogP contribution is -2.32. The van der Waals surface area contributed by atoms with E-state index in [0.29, 0.717) is 23.7 Å². The van der Waals surface area contributed by atoms with E-state index in [2.05, 4.69) is 19.7 Å². The smallest absolute Gasteiger partial charge is 0.154 e. The van der Waals surface area contributed by atoms with Gasteiger partial charge in [-0.2, -0.15) is 0 Å². The van der Waals surface area contributed by atoms with E-state index < -0.39 is 6.10 Å². The van der Waals surface area contributed by atoms with E-state index >= 15 is 0 Å². The summed E-state index contributed by atoms with van der Waals surface area (Å²) in [6.07, 6.45) is 1.97. The zero-order chi connectivity index (χ0) is 19.1. The van der Waals surface area contributed by atoms with Gasteiger partial charge in [0.2, 0.25) is 0 Å². The Morgan fingerprint density at radius 1 is 1.30 bits per heavy atom. The van der Waals surface area contributed by atoms with Crippen LogP contribution >= 0.6 is 11.6 Å². The van der Waals surface area contributed by atoms with Gasteiger partial charge in [0.1, 0.15) is 0 Å². The van der Waals surface area contributed by atoms with Crippen LogP contribution in [0.25, 0.3) is 0 Å². The van der Waals surface area contributed by atoms with Gasteiger partial charge in [-0.15, -0.1) is 10.2 Å². The first-order valence-corrected chi connectivity index (χ1v) is 9.47. The van der Waals surface area contributed by atoms with Crippen LogP contribution in [0.5, 0.6) is 0 Å². The highest BCUT2D eigenvalue weighted by atomic mass is 35.5. The average molecular weight is 387 g/mol. The molecule has 27 heavy (non-hydrogen) atoms. The molecule has 0 saturated heterocycles. The topological polar surface area (TPSA) is 104 Å². The summed E-state index contributed by atoms with van der Waals surface area (Å²) in [5.41, 5.74) is 8.60. The molecule has 2 aromatic rings. The van der Waals surface area contributed by atoms with Crippen molar-refractivity contribution in [1.82, 2.24) is 19.7 Å². The summed E-state index contributed by atoms with van der Waals surface area (Å²) < 4.78 is 2.08. The number of aromatic nitrogens is 3. The van der Waals surface area contributed by atoms with Crippen LogP contribution in [0.4, 0.5) is 0 Å². The molecule has 0 spiro atoms. The maximum atomic E-state index is 9.88. The number of aliphatic hydroxyl groups is 1. The highest BCUT2D eigenvalue weighted by molar-refractivity contribution is 6.30. The molecule has 1 saturated carbocycles. The lowest BCUT2D eigenvalue weighted by molar-refractivity contribution is 0.231. The van der Waals surface area contributed by atoms with Crippen LogP contribution in [0.1, 0.15) is 36.6 Å². The van der Waals surface area contributed by atoms with Gasteiger partial charge in [-0.1, -0.05) is 30.7 Å². The Labute approximate surface area is 163 Å². The van der Waals surface area contributed by atoms with Gasteiger partial charge in [0, 0.05) is 24.3 Å². The quantitative estimate of drug-likeness (QED) is 0.749. The van der Waals surface area contributed by atoms with Gasteiger partial charge in [0.15, 0.2) is 11.6 Å². The monoisotopic (exact) mass is 386 g/mol. The van der Waals surface area contributed by atoms with Crippen LogP contribution in [0.15, 0.2) is 36.0 Å². The fraction of sp³-hybridized carbons (Fsp3) is 0.421. The number of aliphatic hydroxyl groups excluding tert-OH is 1. The summed E-state index contributed by atoms with van der Waals surface area (Å²) in [6.45, 7) is 4.17. The van der Waals surface area contributed by atoms with Crippen molar-refractivity contribution in [2.75, 3.05) is 6.54 Å². The molecular weight excluding hydrogens is 364 g/mol. The second-order valence-electron chi connectivity index (χ2n) is 7.28. The van der Waals surface area contributed by atoms with Gasteiger partial charge in [-0.25, -0.2) is 0 Å². The van der Waals surface area contributed by atoms with E-state index in [1.54, 1.807) is 0 Å². The maximum absolute atomic E-state index is 9.88. The Morgan fingerprint density at radius 3 is 2.70 bits per heavy atom. The van der Waals surface area contributed by atoms with E-state index in [9.17, 15) is 5.11 Å². The number of fused-ring (bicyclic) bond motifs is 1. The molecule has 1 aromatic heterocycles. The molecular formula is C19H23ClN6O. The summed E-state index contributed by atoms with van der Waals surface area (Å²) in [6, 6.07) is 7.11. The number of nitrogens with zero attached hydrogens (tertiary/aromatic N) is 4. The summed E-state index contributed by atoms with van der Waals surface area (Å²) in [5, 5.41) is 27.3. The first-order chi connectivity index (χ1) is 12.9. The fourth-order valence-corrected chi connectivity index (χ4v) is 3.92. The van der Waals surface area contributed by atoms with Gasteiger partial charge >= 0.3 is 0 Å². The van der Waals surface area contributed by atoms with Gasteiger partial charge in [-0.3, -0.25) is 0 Å². The second-order valence-corrected chi connectivity index (χ2v) is 7.71. The molecule has 0 radical (unpaired) electrons. The predicted octanol–water partition coefficient (Wildman–Crippen LogP) is 2.10. The van der Waals surface area contributed by atoms with E-state index in [1.807, 2.05) is 37.4 Å². The molecule has 1 aliphatic carbocycles. The molecule has 1 aromatic carbocycles. The van der Waals surface area contributed by atoms with Gasteiger partial charge < -0.3 is 25.7 Å². The molecule has 2 heterocycles. The first-order valence-electron chi connectivity index (χ1n) is 9.09. The van der Waals surface area contributed by atoms with Crippen LogP contribution in [-0.2, 0) is 13.1 Å². The van der Waals surface area contributed by atoms with Gasteiger partial charge in [-0.05, 0) is 35.6 Å². The predicted molar refractivity (Wildman–Crippen MR) is 104 cm³/mol. The van der Waals surface area contributed by atoms with Crippen LogP contribution in [-0.4, -0.2) is 43.1 Å². The molecule has 4 N–H and O–H groups in total. The lowest BCUT2D eigenvalue weighted by Gasteiger charge is -2.28. The highest BCUT2D eigenvalue weighted by Gasteiger charge is 2.31. The number of rotatable bonds is 3. The van der Waals surface area contributed by atoms with Crippen LogP contribution in [0.2, 0.25) is 5.02 Å². The summed E-state index contributed by atoms with van der Waals surface area (Å²) in [4.78, 5) is 2.14. The average Bonchev–Trinajstić information content (AvgIpc) is 3.18. The minimum Gasteiger partial charge on any atom is -0.387 e. The van der Waals surface area contributed by atoms with E-state index in [1.165, 1.54) is 0 Å². The normalized spacial score (nSPS) is 25.1. The van der Waals surface area contributed by atoms with E-state index in [0.717, 1.165) is 35.9 Å². The third-order valence-corrected chi connectivity index (χ3v) is 5.64. The standard InChI is InChI=1S/C19H23ClN6O/c1-11-8-15(27)18(22)14(11)9-25-6-7-26-16(10-25)23-24-19(26)17(21)12-2-4-13(20)5-3-12/h2-5,9,11,15,17,22,27H,6-8,10,21H2,1H3/b14-9+,22-18?/t11-,15-,17?/m1/s1. The van der Waals surface area contributed by atoms with Crippen LogP contribution < -0.4 is 5.73 Å². The largest absolute Gasteiger partial charge is 0.387 e. The zero-order valence-corrected chi connectivity index (χ0v) is 15.9. The minimum absolute atomic E-state index is 0.196. The maximum Gasteiger partial charge on any atom is 0.154 e. The number of nitrogens with one attached hydrogen (secondary N) is 1. The SMILES string of the molecule is C[C@@H]1C[C@@H](O)C(=N)/C1=C/N1CCn2c(nnc2C(N)c2ccc(Cl)cc2)C1. The summed E-state index contributed by atoms with van der Waals surface area (Å²) in [7, 11) is 0. The van der Waals surface area contributed by atoms with E-state index in [-0.39, 0.29) is 12.0 Å². The molecule has 7 nitrogen and oxygen atoms in total. The molecule has 4 rings (SSSR count). The van der Waals surface area contributed by atoms with Gasteiger partial charge in [0.05, 0.1) is 24.4 Å². The third-order valence-electron chi connectivity index (χ3n) is 5.39. The van der Waals surface area contributed by atoms with Crippen molar-refractivity contribution < 1.29 is 5.11 Å². The van der Waals surface area contributed by atoms with Crippen molar-refractivity contribution in [2.24, 2.45) is 11.7 Å². The molecule has 0 bridgehead atoms. The Balaban J connectivity index is 1.54. The number of halogens is 1. The highest BCUT2D eigenvalue weighted by Crippen LogP contribution is 2.29. The van der Waals surface area contributed by atoms with Crippen LogP contribution in [0, 0.1) is 11.3 Å². The third kappa shape index (κ3) is 3.38. The molecule has 1 fully saturated rings. The number of benzene rings is 1. The lowest BCUT2D eigenvalue weighted by atomic mass is 10.1. The Kier molecular flexibility index (Phi) is 4.75. The number of hydrogen-bond acceptors (Lipinski definition) is 6. The molecule has 1 aliphatic heterocycles. The van der Waals surface area contributed by atoms with Crippen LogP contribution in [0.3, 0.4) is 0 Å². The Hall–Kier alpha value is -2.22. The second kappa shape index (κ2) is 7.07. The number of nitrogens with two attached hydrogens (primary N) is 1. The molecule has 8 heteroatoms. The molecule has 2 aliphatic rings. The summed E-state index contributed by atoms with van der Waals surface area (Å²) >= 11 is 5.96. The number of hydrogen-bond donors (Lipinski definition) is 3. The van der Waals surface area contributed by atoms with Crippen molar-refractivity contribution >= 4 is 17.3 Å². The molecule has 142 valence electrons. The van der Waals surface area contributed by atoms with Crippen molar-refractivity contribution in [3.8, 4) is 0 Å². The Bertz CT molecular complexity index is 890. The van der Waals surface area contributed by atoms with Crippen molar-refractivity contribution in [2.45, 2.75) is 38.6 Å². The molecule has 1 unspecified atom stereocenters. The molecule has 0 amide bonds. The Morgan fingerprint density at radius 2 is 2.04 bits per heavy atom. The summed E-state index contributed by atoms with van der Waals surface area (Å²) in [5.74, 6) is 1.80. The van der Waals surface area contributed by atoms with Crippen molar-refractivity contribution in [3.05, 3.63) is 58.3 Å². The van der Waals surface area contributed by atoms with Gasteiger partial charge in [0.25, 0.3) is 0 Å². The molecule has 3 atom stereocenters. The van der Waals surface area contributed by atoms with Crippen molar-refractivity contribution in [3.63, 3.8) is 0 Å².